The van der Waals surface area contributed by atoms with Crippen LogP contribution in [0.2, 0.25) is 0 Å². The molecule has 0 aromatic rings. The summed E-state index contributed by atoms with van der Waals surface area (Å²) in [5.74, 6) is 0. The van der Waals surface area contributed by atoms with Gasteiger partial charge in [-0.1, -0.05) is 25.8 Å². The first-order chi connectivity index (χ1) is 6.17. The molecular formula is C11H17NO. The molecule has 0 heterocycles. The zero-order chi connectivity index (χ0) is 10.3. The van der Waals surface area contributed by atoms with Crippen molar-refractivity contribution in [3.63, 3.8) is 0 Å². The monoisotopic (exact) mass is 179 g/mol. The van der Waals surface area contributed by atoms with Crippen LogP contribution < -0.4 is 0 Å². The molecule has 0 fully saturated rings. The lowest BCUT2D eigenvalue weighted by Crippen LogP contribution is -2.12. The van der Waals surface area contributed by atoms with E-state index >= 15 is 0 Å². The van der Waals surface area contributed by atoms with E-state index < -0.39 is 0 Å². The minimum Gasteiger partial charge on any atom is -0.497 e. The zero-order valence-corrected chi connectivity index (χ0v) is 8.42. The second kappa shape index (κ2) is 6.12. The topological polar surface area (TPSA) is 12.5 Å². The molecule has 0 aromatic heterocycles. The van der Waals surface area contributed by atoms with Gasteiger partial charge in [-0.3, -0.25) is 0 Å². The molecule has 0 aliphatic carbocycles. The number of allylic oxidation sites excluding steroid dienone is 1. The fraction of sp³-hybridized carbons (Fsp3) is 0.273. The summed E-state index contributed by atoms with van der Waals surface area (Å²) in [6.45, 7) is 11.4. The van der Waals surface area contributed by atoms with Gasteiger partial charge in [0.05, 0.1) is 6.26 Å². The zero-order valence-electron chi connectivity index (χ0n) is 8.42. The van der Waals surface area contributed by atoms with E-state index in [1.807, 2.05) is 19.0 Å². The third-order valence-electron chi connectivity index (χ3n) is 1.61. The first-order valence-electron chi connectivity index (χ1n) is 4.05. The van der Waals surface area contributed by atoms with Gasteiger partial charge >= 0.3 is 0 Å². The molecule has 0 atom stereocenters. The maximum Gasteiger partial charge on any atom is 0.114 e. The molecule has 0 spiro atoms. The summed E-state index contributed by atoms with van der Waals surface area (Å²) in [5.41, 5.74) is 2.01. The molecule has 0 bridgehead atoms. The molecule has 72 valence electrons. The van der Waals surface area contributed by atoms with Crippen molar-refractivity contribution in [2.45, 2.75) is 0 Å². The Hall–Kier alpha value is -1.44. The number of ether oxygens (including phenoxy) is 1. The maximum absolute atomic E-state index is 5.08. The molecule has 0 N–H and O–H groups in total. The van der Waals surface area contributed by atoms with Gasteiger partial charge in [0.1, 0.15) is 6.61 Å². The Morgan fingerprint density at radius 2 is 1.85 bits per heavy atom. The minimum atomic E-state index is 0.479. The van der Waals surface area contributed by atoms with E-state index in [-0.39, 0.29) is 0 Å². The van der Waals surface area contributed by atoms with E-state index in [0.717, 1.165) is 11.3 Å². The molecule has 0 unspecified atom stereocenters. The summed E-state index contributed by atoms with van der Waals surface area (Å²) in [4.78, 5) is 1.97. The van der Waals surface area contributed by atoms with Gasteiger partial charge in [0.15, 0.2) is 0 Å². The molecule has 0 radical (unpaired) electrons. The normalized spacial score (nSPS) is 11.2. The number of hydrogen-bond donors (Lipinski definition) is 0. The van der Waals surface area contributed by atoms with Crippen molar-refractivity contribution in [3.8, 4) is 0 Å². The van der Waals surface area contributed by atoms with Crippen molar-refractivity contribution in [3.05, 3.63) is 49.4 Å². The molecule has 2 nitrogen and oxygen atoms in total. The van der Waals surface area contributed by atoms with Gasteiger partial charge in [-0.25, -0.2) is 0 Å². The number of likely N-dealkylation sites (N-methyl/N-ethyl adjacent to an activating group) is 1. The van der Waals surface area contributed by atoms with E-state index in [9.17, 15) is 0 Å². The Morgan fingerprint density at radius 1 is 1.23 bits per heavy atom. The van der Waals surface area contributed by atoms with Crippen molar-refractivity contribution < 1.29 is 4.74 Å². The Kier molecular flexibility index (Phi) is 5.44. The van der Waals surface area contributed by atoms with E-state index in [4.69, 9.17) is 4.74 Å². The summed E-state index contributed by atoms with van der Waals surface area (Å²) in [6, 6.07) is 0. The van der Waals surface area contributed by atoms with E-state index in [1.54, 1.807) is 12.2 Å². The molecular weight excluding hydrogens is 162 g/mol. The lowest BCUT2D eigenvalue weighted by atomic mass is 10.2. The number of nitrogens with zero attached hydrogens (tertiary/aromatic N) is 1. The van der Waals surface area contributed by atoms with Gasteiger partial charge in [0.25, 0.3) is 0 Å². The maximum atomic E-state index is 5.08. The average Bonchev–Trinajstić information content (AvgIpc) is 2.11. The predicted molar refractivity (Wildman–Crippen MR) is 57.3 cm³/mol. The third-order valence-corrected chi connectivity index (χ3v) is 1.61. The molecule has 0 aromatic carbocycles. The first-order valence-corrected chi connectivity index (χ1v) is 4.05. The summed E-state index contributed by atoms with van der Waals surface area (Å²) >= 11 is 0. The molecule has 0 saturated carbocycles. The van der Waals surface area contributed by atoms with Crippen LogP contribution in [-0.2, 0) is 4.74 Å². The summed E-state index contributed by atoms with van der Waals surface area (Å²) in [7, 11) is 3.91. The SMILES string of the molecule is C=COC/C(C=C)=C(/C=C)N(C)C. The van der Waals surface area contributed by atoms with Crippen molar-refractivity contribution in [1.29, 1.82) is 0 Å². The largest absolute Gasteiger partial charge is 0.497 e. The Bertz CT molecular complexity index is 226. The lowest BCUT2D eigenvalue weighted by molar-refractivity contribution is 0.281. The quantitative estimate of drug-likeness (QED) is 0.458. The highest BCUT2D eigenvalue weighted by atomic mass is 16.5. The average molecular weight is 179 g/mol. The highest BCUT2D eigenvalue weighted by molar-refractivity contribution is 5.30. The van der Waals surface area contributed by atoms with Gasteiger partial charge in [0.2, 0.25) is 0 Å². The van der Waals surface area contributed by atoms with E-state index in [2.05, 4.69) is 19.7 Å². The molecule has 0 amide bonds. The van der Waals surface area contributed by atoms with E-state index in [0.29, 0.717) is 6.61 Å². The standard InChI is InChI=1S/C11H17NO/c1-6-10(9-13-8-3)11(7-2)12(4)5/h6-8H,1-3,9H2,4-5H3/b11-10-. The van der Waals surface area contributed by atoms with Crippen molar-refractivity contribution >= 4 is 0 Å². The predicted octanol–water partition coefficient (Wildman–Crippen LogP) is 2.33. The summed E-state index contributed by atoms with van der Waals surface area (Å²) in [6.07, 6.45) is 4.96. The van der Waals surface area contributed by atoms with Crippen LogP contribution in [0.5, 0.6) is 0 Å². The van der Waals surface area contributed by atoms with Crippen molar-refractivity contribution in [2.24, 2.45) is 0 Å². The van der Waals surface area contributed by atoms with Crippen LogP contribution in [0.15, 0.2) is 49.4 Å². The first kappa shape index (κ1) is 11.6. The highest BCUT2D eigenvalue weighted by Crippen LogP contribution is 2.09. The van der Waals surface area contributed by atoms with Gasteiger partial charge in [-0.2, -0.15) is 0 Å². The molecule has 2 heteroatoms. The van der Waals surface area contributed by atoms with Gasteiger partial charge in [0, 0.05) is 25.4 Å². The fourth-order valence-electron chi connectivity index (χ4n) is 0.987. The van der Waals surface area contributed by atoms with Crippen LogP contribution in [0.3, 0.4) is 0 Å². The molecule has 0 rings (SSSR count). The molecule has 0 aliphatic heterocycles. The van der Waals surface area contributed by atoms with E-state index in [1.165, 1.54) is 6.26 Å². The summed E-state index contributed by atoms with van der Waals surface area (Å²) in [5, 5.41) is 0. The third kappa shape index (κ3) is 3.65. The Labute approximate surface area is 80.5 Å². The van der Waals surface area contributed by atoms with Crippen LogP contribution in [0.25, 0.3) is 0 Å². The highest BCUT2D eigenvalue weighted by Gasteiger charge is 2.01. The summed E-state index contributed by atoms with van der Waals surface area (Å²) < 4.78 is 5.08. The van der Waals surface area contributed by atoms with Crippen LogP contribution in [-0.4, -0.2) is 25.6 Å². The van der Waals surface area contributed by atoms with Crippen LogP contribution in [0, 0.1) is 0 Å². The molecule has 0 aliphatic rings. The lowest BCUT2D eigenvalue weighted by Gasteiger charge is -2.17. The van der Waals surface area contributed by atoms with Crippen LogP contribution in [0.4, 0.5) is 0 Å². The van der Waals surface area contributed by atoms with Gasteiger partial charge in [-0.15, -0.1) is 0 Å². The smallest absolute Gasteiger partial charge is 0.114 e. The van der Waals surface area contributed by atoms with Crippen LogP contribution in [0.1, 0.15) is 0 Å². The van der Waals surface area contributed by atoms with Gasteiger partial charge < -0.3 is 9.64 Å². The van der Waals surface area contributed by atoms with Crippen molar-refractivity contribution in [2.75, 3.05) is 20.7 Å². The second-order valence-electron chi connectivity index (χ2n) is 2.69. The number of hydrogen-bond acceptors (Lipinski definition) is 2. The fourth-order valence-corrected chi connectivity index (χ4v) is 0.987. The van der Waals surface area contributed by atoms with Crippen molar-refractivity contribution in [1.82, 2.24) is 4.90 Å². The minimum absolute atomic E-state index is 0.479. The molecule has 0 saturated heterocycles. The second-order valence-corrected chi connectivity index (χ2v) is 2.69. The van der Waals surface area contributed by atoms with Crippen LogP contribution >= 0.6 is 0 Å². The molecule has 13 heavy (non-hydrogen) atoms. The van der Waals surface area contributed by atoms with Gasteiger partial charge in [-0.05, 0) is 6.08 Å². The Morgan fingerprint density at radius 3 is 2.15 bits per heavy atom. The Balaban J connectivity index is 4.70. The number of rotatable bonds is 6.